The minimum atomic E-state index is -0.379. The van der Waals surface area contributed by atoms with Crippen LogP contribution < -0.4 is 15.5 Å². The monoisotopic (exact) mass is 460 g/mol. The minimum Gasteiger partial charge on any atom is -0.369 e. The lowest BCUT2D eigenvalue weighted by atomic mass is 10.0. The number of benzene rings is 3. The number of piperazine rings is 1. The molecule has 6 nitrogen and oxygen atoms in total. The van der Waals surface area contributed by atoms with E-state index in [0.717, 1.165) is 37.4 Å². The molecule has 1 aliphatic rings. The third kappa shape index (κ3) is 5.61. The summed E-state index contributed by atoms with van der Waals surface area (Å²) >= 11 is 0. The van der Waals surface area contributed by atoms with Crippen LogP contribution in [0.1, 0.15) is 39.2 Å². The molecule has 1 atom stereocenters. The van der Waals surface area contributed by atoms with Crippen LogP contribution in [-0.2, 0) is 0 Å². The molecule has 34 heavy (non-hydrogen) atoms. The van der Waals surface area contributed by atoms with Crippen LogP contribution in [0, 0.1) is 5.82 Å². The number of amides is 2. The molecular formula is C27H29FN4O2. The van der Waals surface area contributed by atoms with E-state index in [1.165, 1.54) is 12.1 Å². The molecule has 3 aromatic rings. The topological polar surface area (TPSA) is 64.7 Å². The van der Waals surface area contributed by atoms with E-state index in [4.69, 9.17) is 0 Å². The highest BCUT2D eigenvalue weighted by atomic mass is 19.1. The van der Waals surface area contributed by atoms with Crippen molar-refractivity contribution in [3.05, 3.63) is 95.3 Å². The van der Waals surface area contributed by atoms with E-state index in [1.54, 1.807) is 54.6 Å². The number of halogens is 1. The molecule has 3 aromatic carbocycles. The molecule has 0 aliphatic carbocycles. The highest BCUT2D eigenvalue weighted by Gasteiger charge is 2.21. The molecule has 0 spiro atoms. The molecule has 2 amide bonds. The van der Waals surface area contributed by atoms with Crippen molar-refractivity contribution >= 4 is 23.2 Å². The Hall–Kier alpha value is -3.71. The van der Waals surface area contributed by atoms with Crippen LogP contribution in [0.15, 0.2) is 72.8 Å². The lowest BCUT2D eigenvalue weighted by Gasteiger charge is -2.36. The van der Waals surface area contributed by atoms with Gasteiger partial charge in [-0.3, -0.25) is 9.59 Å². The summed E-state index contributed by atoms with van der Waals surface area (Å²) in [6.07, 6.45) is 0. The molecule has 1 unspecified atom stereocenters. The summed E-state index contributed by atoms with van der Waals surface area (Å²) in [7, 11) is 2.09. The van der Waals surface area contributed by atoms with Crippen LogP contribution in [-0.4, -0.2) is 49.9 Å². The number of nitrogens with one attached hydrogen (secondary N) is 2. The Morgan fingerprint density at radius 1 is 0.853 bits per heavy atom. The van der Waals surface area contributed by atoms with Gasteiger partial charge in [-0.2, -0.15) is 0 Å². The number of carbonyl (C=O) groups excluding carboxylic acids is 2. The minimum absolute atomic E-state index is 0.214. The van der Waals surface area contributed by atoms with Gasteiger partial charge in [0.05, 0.1) is 6.04 Å². The number of rotatable bonds is 6. The van der Waals surface area contributed by atoms with Crippen LogP contribution in [0.3, 0.4) is 0 Å². The molecule has 0 aromatic heterocycles. The largest absolute Gasteiger partial charge is 0.369 e. The van der Waals surface area contributed by atoms with Crippen LogP contribution in [0.25, 0.3) is 0 Å². The molecule has 0 bridgehead atoms. The maximum Gasteiger partial charge on any atom is 0.255 e. The van der Waals surface area contributed by atoms with Gasteiger partial charge in [0.2, 0.25) is 0 Å². The lowest BCUT2D eigenvalue weighted by Crippen LogP contribution is -2.45. The Kier molecular flexibility index (Phi) is 7.23. The summed E-state index contributed by atoms with van der Waals surface area (Å²) in [4.78, 5) is 29.7. The average Bonchev–Trinajstić information content (AvgIpc) is 2.85. The van der Waals surface area contributed by atoms with Gasteiger partial charge < -0.3 is 20.4 Å². The van der Waals surface area contributed by atoms with E-state index in [1.807, 2.05) is 13.0 Å². The predicted octanol–water partition coefficient (Wildman–Crippen LogP) is 4.32. The normalized spacial score (nSPS) is 15.0. The Labute approximate surface area is 199 Å². The number of hydrogen-bond acceptors (Lipinski definition) is 4. The van der Waals surface area contributed by atoms with E-state index in [0.29, 0.717) is 16.8 Å². The van der Waals surface area contributed by atoms with Gasteiger partial charge in [-0.05, 0) is 68.6 Å². The first-order valence-electron chi connectivity index (χ1n) is 11.4. The second kappa shape index (κ2) is 10.5. The quantitative estimate of drug-likeness (QED) is 0.575. The Morgan fingerprint density at radius 3 is 2.18 bits per heavy atom. The number of anilines is 2. The van der Waals surface area contributed by atoms with E-state index < -0.39 is 0 Å². The predicted molar refractivity (Wildman–Crippen MR) is 133 cm³/mol. The first-order chi connectivity index (χ1) is 16.4. The molecule has 0 saturated carbocycles. The highest BCUT2D eigenvalue weighted by Crippen LogP contribution is 2.28. The maximum atomic E-state index is 14.1. The van der Waals surface area contributed by atoms with Gasteiger partial charge in [-0.25, -0.2) is 4.39 Å². The third-order valence-electron chi connectivity index (χ3n) is 6.09. The van der Waals surface area contributed by atoms with Crippen molar-refractivity contribution in [3.8, 4) is 0 Å². The first-order valence-corrected chi connectivity index (χ1v) is 11.4. The Morgan fingerprint density at radius 2 is 1.50 bits per heavy atom. The molecule has 2 N–H and O–H groups in total. The molecular weight excluding hydrogens is 431 g/mol. The first kappa shape index (κ1) is 23.4. The fourth-order valence-electron chi connectivity index (χ4n) is 4.06. The van der Waals surface area contributed by atoms with Gasteiger partial charge in [0.15, 0.2) is 0 Å². The summed E-state index contributed by atoms with van der Waals surface area (Å²) < 4.78 is 14.1. The fraction of sp³-hybridized carbons (Fsp3) is 0.259. The van der Waals surface area contributed by atoms with Crippen molar-refractivity contribution in [2.75, 3.05) is 43.4 Å². The summed E-state index contributed by atoms with van der Waals surface area (Å²) in [6.45, 7) is 5.44. The van der Waals surface area contributed by atoms with Crippen molar-refractivity contribution in [2.24, 2.45) is 0 Å². The van der Waals surface area contributed by atoms with Gasteiger partial charge in [-0.1, -0.05) is 18.2 Å². The molecule has 4 rings (SSSR count). The highest BCUT2D eigenvalue weighted by molar-refractivity contribution is 6.04. The van der Waals surface area contributed by atoms with E-state index in [-0.39, 0.29) is 23.7 Å². The molecule has 1 heterocycles. The van der Waals surface area contributed by atoms with Crippen LogP contribution in [0.5, 0.6) is 0 Å². The molecule has 0 radical (unpaired) electrons. The summed E-state index contributed by atoms with van der Waals surface area (Å²) in [5.74, 6) is -0.802. The lowest BCUT2D eigenvalue weighted by molar-refractivity contribution is 0.0939. The number of nitrogens with zero attached hydrogens (tertiary/aromatic N) is 2. The van der Waals surface area contributed by atoms with Crippen LogP contribution in [0.2, 0.25) is 0 Å². The summed E-state index contributed by atoms with van der Waals surface area (Å²) in [5.41, 5.74) is 3.32. The van der Waals surface area contributed by atoms with Crippen molar-refractivity contribution in [2.45, 2.75) is 13.0 Å². The number of likely N-dealkylation sites (N-methyl/N-ethyl adjacent to an activating group) is 1. The summed E-state index contributed by atoms with van der Waals surface area (Å²) in [6, 6.07) is 20.0. The molecule has 7 heteroatoms. The van der Waals surface area contributed by atoms with E-state index in [2.05, 4.69) is 27.5 Å². The average molecular weight is 461 g/mol. The zero-order chi connectivity index (χ0) is 24.1. The maximum absolute atomic E-state index is 14.1. The Balaban J connectivity index is 1.43. The zero-order valence-corrected chi connectivity index (χ0v) is 19.4. The van der Waals surface area contributed by atoms with Gasteiger partial charge in [-0.15, -0.1) is 0 Å². The van der Waals surface area contributed by atoms with Gasteiger partial charge >= 0.3 is 0 Å². The smallest absolute Gasteiger partial charge is 0.255 e. The van der Waals surface area contributed by atoms with Crippen molar-refractivity contribution < 1.29 is 14.0 Å². The van der Waals surface area contributed by atoms with Gasteiger partial charge in [0.1, 0.15) is 5.82 Å². The molecule has 1 aliphatic heterocycles. The van der Waals surface area contributed by atoms with Crippen LogP contribution >= 0.6 is 0 Å². The summed E-state index contributed by atoms with van der Waals surface area (Å²) in [5, 5.41) is 5.81. The van der Waals surface area contributed by atoms with Gasteiger partial charge in [0.25, 0.3) is 11.8 Å². The third-order valence-corrected chi connectivity index (χ3v) is 6.09. The second-order valence-corrected chi connectivity index (χ2v) is 8.59. The zero-order valence-electron chi connectivity index (χ0n) is 19.4. The number of hydrogen-bond donors (Lipinski definition) is 2. The van der Waals surface area contributed by atoms with Crippen LogP contribution in [0.4, 0.5) is 15.8 Å². The van der Waals surface area contributed by atoms with Crippen molar-refractivity contribution in [1.29, 1.82) is 0 Å². The second-order valence-electron chi connectivity index (χ2n) is 8.59. The Bertz CT molecular complexity index is 1140. The number of carbonyl (C=O) groups is 2. The standard InChI is InChI=1S/C27H29FN4O2/c1-19(24-18-22(28)10-13-25(24)32-16-14-31(2)15-17-32)29-26(33)21-8-11-23(12-9-21)30-27(34)20-6-4-3-5-7-20/h3-13,18-19H,14-17H2,1-2H3,(H,29,33)(H,30,34). The van der Waals surface area contributed by atoms with Crippen molar-refractivity contribution in [1.82, 2.24) is 10.2 Å². The molecule has 1 saturated heterocycles. The van der Waals surface area contributed by atoms with Gasteiger partial charge in [0, 0.05) is 54.2 Å². The van der Waals surface area contributed by atoms with E-state index in [9.17, 15) is 14.0 Å². The van der Waals surface area contributed by atoms with Crippen molar-refractivity contribution in [3.63, 3.8) is 0 Å². The SMILES string of the molecule is CC(NC(=O)c1ccc(NC(=O)c2ccccc2)cc1)c1cc(F)ccc1N1CCN(C)CC1. The molecule has 1 fully saturated rings. The molecule has 176 valence electrons. The fourth-order valence-corrected chi connectivity index (χ4v) is 4.06. The van der Waals surface area contributed by atoms with E-state index >= 15 is 0 Å².